The predicted molar refractivity (Wildman–Crippen MR) is 89.3 cm³/mol. The number of carbonyl (C=O) groups is 3. The zero-order valence-corrected chi connectivity index (χ0v) is 14.4. The molecule has 0 aromatic heterocycles. The van der Waals surface area contributed by atoms with Crippen molar-refractivity contribution in [1.82, 2.24) is 5.32 Å². The zero-order chi connectivity index (χ0) is 18.0. The number of hydrogen-bond acceptors (Lipinski definition) is 5. The highest BCUT2D eigenvalue weighted by molar-refractivity contribution is 5.71. The Morgan fingerprint density at radius 1 is 1.21 bits per heavy atom. The van der Waals surface area contributed by atoms with E-state index in [0.29, 0.717) is 12.7 Å². The maximum Gasteiger partial charge on any atom is 0.407 e. The first-order chi connectivity index (χ1) is 11.3. The number of aldehydes is 1. The maximum atomic E-state index is 11.8. The number of hydrogen-bond donors (Lipinski definition) is 1. The van der Waals surface area contributed by atoms with Crippen LogP contribution in [0.25, 0.3) is 0 Å². The van der Waals surface area contributed by atoms with Crippen molar-refractivity contribution in [3.63, 3.8) is 0 Å². The van der Waals surface area contributed by atoms with Gasteiger partial charge in [-0.25, -0.2) is 4.79 Å². The summed E-state index contributed by atoms with van der Waals surface area (Å²) in [7, 11) is 0. The monoisotopic (exact) mass is 335 g/mol. The molecule has 0 saturated carbocycles. The molecule has 1 aromatic carbocycles. The van der Waals surface area contributed by atoms with Crippen LogP contribution in [0.15, 0.2) is 30.3 Å². The molecule has 0 spiro atoms. The third kappa shape index (κ3) is 8.92. The van der Waals surface area contributed by atoms with Crippen molar-refractivity contribution < 1.29 is 23.9 Å². The first kappa shape index (κ1) is 19.7. The minimum Gasteiger partial charge on any atom is -0.461 e. The van der Waals surface area contributed by atoms with Gasteiger partial charge in [0, 0.05) is 18.9 Å². The second-order valence-electron chi connectivity index (χ2n) is 6.43. The molecule has 1 N–H and O–H groups in total. The first-order valence-electron chi connectivity index (χ1n) is 7.93. The average Bonchev–Trinajstić information content (AvgIpc) is 2.50. The Hall–Kier alpha value is -2.37. The summed E-state index contributed by atoms with van der Waals surface area (Å²) in [6, 6.07) is 8.90. The summed E-state index contributed by atoms with van der Waals surface area (Å²) >= 11 is 0. The van der Waals surface area contributed by atoms with E-state index in [4.69, 9.17) is 9.47 Å². The molecule has 1 rings (SSSR count). The van der Waals surface area contributed by atoms with Gasteiger partial charge in [-0.05, 0) is 32.8 Å². The lowest BCUT2D eigenvalue weighted by atomic mass is 10.1. The molecular formula is C18H25NO5. The molecule has 0 bridgehead atoms. The number of alkyl carbamates (subject to hydrolysis) is 1. The number of benzene rings is 1. The van der Waals surface area contributed by atoms with E-state index in [0.717, 1.165) is 5.56 Å². The summed E-state index contributed by atoms with van der Waals surface area (Å²) in [5.41, 5.74) is 0.284. The highest BCUT2D eigenvalue weighted by Crippen LogP contribution is 2.09. The summed E-state index contributed by atoms with van der Waals surface area (Å²) < 4.78 is 10.3. The van der Waals surface area contributed by atoms with Crippen LogP contribution in [0.4, 0.5) is 4.79 Å². The van der Waals surface area contributed by atoms with Crippen LogP contribution in [-0.2, 0) is 25.7 Å². The van der Waals surface area contributed by atoms with E-state index in [9.17, 15) is 14.4 Å². The average molecular weight is 335 g/mol. The molecule has 132 valence electrons. The molecule has 1 aromatic rings. The van der Waals surface area contributed by atoms with Gasteiger partial charge in [0.15, 0.2) is 0 Å². The molecule has 0 radical (unpaired) electrons. The van der Waals surface area contributed by atoms with Gasteiger partial charge in [-0.15, -0.1) is 0 Å². The van der Waals surface area contributed by atoms with Crippen molar-refractivity contribution in [2.75, 3.05) is 0 Å². The molecule has 0 aliphatic carbocycles. The second kappa shape index (κ2) is 9.70. The molecule has 1 unspecified atom stereocenters. The Balaban J connectivity index is 2.37. The minimum absolute atomic E-state index is 0.112. The highest BCUT2D eigenvalue weighted by atomic mass is 16.6. The van der Waals surface area contributed by atoms with Crippen LogP contribution in [-0.4, -0.2) is 30.0 Å². The second-order valence-corrected chi connectivity index (χ2v) is 6.43. The fourth-order valence-electron chi connectivity index (χ4n) is 1.94. The lowest BCUT2D eigenvalue weighted by molar-refractivity contribution is -0.145. The summed E-state index contributed by atoms with van der Waals surface area (Å²) in [5.74, 6) is -0.374. The van der Waals surface area contributed by atoms with Gasteiger partial charge in [0.1, 0.15) is 18.5 Å². The number of amides is 1. The van der Waals surface area contributed by atoms with E-state index in [1.54, 1.807) is 20.8 Å². The Kier molecular flexibility index (Phi) is 7.95. The van der Waals surface area contributed by atoms with Crippen molar-refractivity contribution in [2.45, 2.75) is 58.3 Å². The fraction of sp³-hybridized carbons (Fsp3) is 0.500. The summed E-state index contributed by atoms with van der Waals surface area (Å²) in [5, 5.41) is 2.60. The van der Waals surface area contributed by atoms with Crippen LogP contribution < -0.4 is 5.32 Å². The third-order valence-corrected chi connectivity index (χ3v) is 3.04. The normalized spacial score (nSPS) is 12.1. The van der Waals surface area contributed by atoms with E-state index >= 15 is 0 Å². The molecule has 0 saturated heterocycles. The van der Waals surface area contributed by atoms with Crippen LogP contribution in [0.1, 0.15) is 45.6 Å². The van der Waals surface area contributed by atoms with Gasteiger partial charge < -0.3 is 19.6 Å². The summed E-state index contributed by atoms with van der Waals surface area (Å²) in [6.07, 6.45) is 0.641. The predicted octanol–water partition coefficient (Wildman–Crippen LogP) is 2.99. The lowest BCUT2D eigenvalue weighted by Gasteiger charge is -2.22. The third-order valence-electron chi connectivity index (χ3n) is 3.04. The molecule has 24 heavy (non-hydrogen) atoms. The van der Waals surface area contributed by atoms with Gasteiger partial charge in [0.25, 0.3) is 0 Å². The molecule has 6 nitrogen and oxygen atoms in total. The smallest absolute Gasteiger partial charge is 0.407 e. The Morgan fingerprint density at radius 2 is 1.88 bits per heavy atom. The van der Waals surface area contributed by atoms with E-state index in [1.807, 2.05) is 30.3 Å². The maximum absolute atomic E-state index is 11.8. The molecule has 0 heterocycles. The summed E-state index contributed by atoms with van der Waals surface area (Å²) in [6.45, 7) is 5.46. The molecule has 0 aliphatic rings. The number of rotatable bonds is 8. The van der Waals surface area contributed by atoms with Crippen LogP contribution in [0, 0.1) is 0 Å². The van der Waals surface area contributed by atoms with E-state index in [1.165, 1.54) is 0 Å². The molecular weight excluding hydrogens is 310 g/mol. The van der Waals surface area contributed by atoms with Crippen LogP contribution >= 0.6 is 0 Å². The van der Waals surface area contributed by atoms with E-state index < -0.39 is 17.7 Å². The minimum atomic E-state index is -0.621. The largest absolute Gasteiger partial charge is 0.461 e. The van der Waals surface area contributed by atoms with E-state index in [-0.39, 0.29) is 25.4 Å². The van der Waals surface area contributed by atoms with Gasteiger partial charge in [-0.3, -0.25) is 4.79 Å². The van der Waals surface area contributed by atoms with Gasteiger partial charge in [0.05, 0.1) is 0 Å². The first-order valence-corrected chi connectivity index (χ1v) is 7.93. The highest BCUT2D eigenvalue weighted by Gasteiger charge is 2.20. The van der Waals surface area contributed by atoms with Crippen molar-refractivity contribution >= 4 is 18.3 Å². The quantitative estimate of drug-likeness (QED) is 0.583. The van der Waals surface area contributed by atoms with Gasteiger partial charge in [-0.1, -0.05) is 30.3 Å². The van der Waals surface area contributed by atoms with Crippen molar-refractivity contribution in [2.24, 2.45) is 0 Å². The van der Waals surface area contributed by atoms with Crippen LogP contribution in [0.3, 0.4) is 0 Å². The van der Waals surface area contributed by atoms with E-state index in [2.05, 4.69) is 5.32 Å². The number of ether oxygens (including phenoxy) is 2. The van der Waals surface area contributed by atoms with Crippen LogP contribution in [0.5, 0.6) is 0 Å². The van der Waals surface area contributed by atoms with Crippen molar-refractivity contribution in [1.29, 1.82) is 0 Å². The molecule has 1 amide bonds. The molecule has 6 heteroatoms. The molecule has 1 atom stereocenters. The summed E-state index contributed by atoms with van der Waals surface area (Å²) in [4.78, 5) is 34.2. The molecule has 0 fully saturated rings. The van der Waals surface area contributed by atoms with Gasteiger partial charge in [0.2, 0.25) is 0 Å². The number of esters is 1. The standard InChI is InChI=1S/C18H25NO5/c1-18(2,3)24-17(22)19-15(11-12-20)9-10-16(21)23-13-14-7-5-4-6-8-14/h4-8,12,15H,9-11,13H2,1-3H3,(H,19,22). The fourth-order valence-corrected chi connectivity index (χ4v) is 1.94. The Labute approximate surface area is 142 Å². The van der Waals surface area contributed by atoms with Gasteiger partial charge in [-0.2, -0.15) is 0 Å². The van der Waals surface area contributed by atoms with Crippen molar-refractivity contribution in [3.8, 4) is 0 Å². The van der Waals surface area contributed by atoms with Crippen LogP contribution in [0.2, 0.25) is 0 Å². The number of nitrogens with one attached hydrogen (secondary N) is 1. The topological polar surface area (TPSA) is 81.7 Å². The van der Waals surface area contributed by atoms with Gasteiger partial charge >= 0.3 is 12.1 Å². The van der Waals surface area contributed by atoms with Crippen molar-refractivity contribution in [3.05, 3.63) is 35.9 Å². The molecule has 0 aliphatic heterocycles. The number of carbonyl (C=O) groups excluding carboxylic acids is 3. The Morgan fingerprint density at radius 3 is 2.46 bits per heavy atom. The lowest BCUT2D eigenvalue weighted by Crippen LogP contribution is -2.39. The zero-order valence-electron chi connectivity index (χ0n) is 14.4. The Bertz CT molecular complexity index is 536. The SMILES string of the molecule is CC(C)(C)OC(=O)NC(CC=O)CCC(=O)OCc1ccccc1.